The van der Waals surface area contributed by atoms with Crippen molar-refractivity contribution in [1.82, 2.24) is 0 Å². The van der Waals surface area contributed by atoms with Crippen molar-refractivity contribution in [3.63, 3.8) is 0 Å². The van der Waals surface area contributed by atoms with E-state index < -0.39 is 0 Å². The second-order valence-electron chi connectivity index (χ2n) is 10.1. The predicted molar refractivity (Wildman–Crippen MR) is 156 cm³/mol. The zero-order valence-electron chi connectivity index (χ0n) is 23.9. The number of methoxy groups -OCH3 is 3. The van der Waals surface area contributed by atoms with E-state index in [1.165, 1.54) is 79.3 Å². The minimum Gasteiger partial charge on any atom is -0.497 e. The molecule has 0 N–H and O–H groups in total. The fourth-order valence-corrected chi connectivity index (χ4v) is 5.38. The Balaban J connectivity index is 2.03. The summed E-state index contributed by atoms with van der Waals surface area (Å²) in [5.74, 6) is 2.59. The van der Waals surface area contributed by atoms with Crippen LogP contribution in [0.5, 0.6) is 17.2 Å². The second kappa shape index (κ2) is 15.5. The first kappa shape index (κ1) is 28.8. The Morgan fingerprint density at radius 3 is 2.38 bits per heavy atom. The predicted octanol–water partition coefficient (Wildman–Crippen LogP) is 8.22. The van der Waals surface area contributed by atoms with Crippen molar-refractivity contribution in [2.45, 2.75) is 91.0 Å². The highest BCUT2D eigenvalue weighted by atomic mass is 16.5. The van der Waals surface area contributed by atoms with Crippen molar-refractivity contribution in [2.75, 3.05) is 27.9 Å². The number of hydrogen-bond donors (Lipinski definition) is 0. The van der Waals surface area contributed by atoms with Crippen molar-refractivity contribution >= 4 is 11.8 Å². The van der Waals surface area contributed by atoms with Gasteiger partial charge in [0.05, 0.1) is 21.3 Å². The van der Waals surface area contributed by atoms with Crippen molar-refractivity contribution < 1.29 is 18.8 Å². The summed E-state index contributed by atoms with van der Waals surface area (Å²) in [6, 6.07) is 10.7. The van der Waals surface area contributed by atoms with Gasteiger partial charge in [-0.15, -0.1) is 0 Å². The number of fused-ring (bicyclic) bond motifs is 1. The number of hydrogen-bond acceptors (Lipinski definition) is 3. The Hall–Kier alpha value is -2.75. The van der Waals surface area contributed by atoms with Crippen LogP contribution >= 0.6 is 0 Å². The summed E-state index contributed by atoms with van der Waals surface area (Å²) in [7, 11) is 5.25. The molecule has 3 rings (SSSR count). The molecule has 2 aromatic rings. The van der Waals surface area contributed by atoms with Crippen LogP contribution in [0, 0.1) is 0 Å². The van der Waals surface area contributed by atoms with Crippen LogP contribution in [0.2, 0.25) is 0 Å². The zero-order chi connectivity index (χ0) is 26.5. The van der Waals surface area contributed by atoms with Crippen LogP contribution in [-0.2, 0) is 13.0 Å². The molecule has 1 heterocycles. The lowest BCUT2D eigenvalue weighted by molar-refractivity contribution is -0.545. The van der Waals surface area contributed by atoms with Gasteiger partial charge in [-0.05, 0) is 43.0 Å². The van der Waals surface area contributed by atoms with E-state index in [-0.39, 0.29) is 0 Å². The SMILES string of the molecule is CCCCCC=Cc1c2c(cc(OC)c1OC)C(CCCCCCC)=[N+](Cc1cccc(OC)c1)CC2. The number of unbranched alkanes of at least 4 members (excludes halogenated alkanes) is 7. The van der Waals surface area contributed by atoms with E-state index >= 15 is 0 Å². The molecule has 37 heavy (non-hydrogen) atoms. The van der Waals surface area contributed by atoms with E-state index in [9.17, 15) is 0 Å². The van der Waals surface area contributed by atoms with Crippen molar-refractivity contribution in [1.29, 1.82) is 0 Å². The summed E-state index contributed by atoms with van der Waals surface area (Å²) >= 11 is 0. The molecule has 0 bridgehead atoms. The van der Waals surface area contributed by atoms with E-state index in [4.69, 9.17) is 14.2 Å². The highest BCUT2D eigenvalue weighted by Gasteiger charge is 2.30. The molecule has 0 radical (unpaired) electrons. The van der Waals surface area contributed by atoms with Crippen molar-refractivity contribution in [3.8, 4) is 17.2 Å². The third kappa shape index (κ3) is 7.87. The van der Waals surface area contributed by atoms with Crippen molar-refractivity contribution in [3.05, 3.63) is 58.7 Å². The molecule has 0 spiro atoms. The first-order chi connectivity index (χ1) is 18.2. The maximum absolute atomic E-state index is 5.91. The van der Waals surface area contributed by atoms with Gasteiger partial charge in [-0.25, -0.2) is 4.58 Å². The molecule has 202 valence electrons. The van der Waals surface area contributed by atoms with Gasteiger partial charge in [0.1, 0.15) is 12.3 Å². The molecule has 0 aromatic heterocycles. The summed E-state index contributed by atoms with van der Waals surface area (Å²) in [5.41, 5.74) is 6.63. The minimum atomic E-state index is 0.821. The first-order valence-electron chi connectivity index (χ1n) is 14.3. The molecule has 0 saturated carbocycles. The molecule has 2 aromatic carbocycles. The van der Waals surface area contributed by atoms with Crippen LogP contribution < -0.4 is 14.2 Å². The highest BCUT2D eigenvalue weighted by molar-refractivity contribution is 6.00. The summed E-state index contributed by atoms with van der Waals surface area (Å²) < 4.78 is 19.9. The van der Waals surface area contributed by atoms with E-state index in [0.29, 0.717) is 0 Å². The van der Waals surface area contributed by atoms with Crippen LogP contribution in [0.3, 0.4) is 0 Å². The van der Waals surface area contributed by atoms with Crippen LogP contribution in [0.15, 0.2) is 36.4 Å². The van der Waals surface area contributed by atoms with Gasteiger partial charge in [0.25, 0.3) is 0 Å². The summed E-state index contributed by atoms with van der Waals surface area (Å²) in [4.78, 5) is 0. The van der Waals surface area contributed by atoms with Gasteiger partial charge >= 0.3 is 0 Å². The monoisotopic (exact) mass is 506 g/mol. The number of allylic oxidation sites excluding steroid dienone is 1. The molecule has 1 aliphatic heterocycles. The van der Waals surface area contributed by atoms with Gasteiger partial charge < -0.3 is 14.2 Å². The first-order valence-corrected chi connectivity index (χ1v) is 14.3. The maximum Gasteiger partial charge on any atom is 0.184 e. The third-order valence-electron chi connectivity index (χ3n) is 7.43. The topological polar surface area (TPSA) is 30.7 Å². The second-order valence-corrected chi connectivity index (χ2v) is 10.1. The normalized spacial score (nSPS) is 13.2. The molecule has 0 aliphatic carbocycles. The standard InChI is InChI=1S/C33H48NO3/c1-6-8-10-12-14-19-29-28-21-22-34(25-26-17-16-18-27(23-26)35-3)31(20-15-13-11-9-7-2)30(28)24-32(36-4)33(29)37-5/h14,16-19,23-24H,6-13,15,20-22,25H2,1-5H3/q+1. The van der Waals surface area contributed by atoms with Gasteiger partial charge in [0.15, 0.2) is 23.8 Å². The molecule has 0 fully saturated rings. The Morgan fingerprint density at radius 2 is 1.65 bits per heavy atom. The summed E-state index contributed by atoms with van der Waals surface area (Å²) in [6.45, 7) is 6.42. The third-order valence-corrected chi connectivity index (χ3v) is 7.43. The van der Waals surface area contributed by atoms with Gasteiger partial charge in [-0.1, -0.05) is 76.7 Å². The summed E-state index contributed by atoms with van der Waals surface area (Å²) in [5, 5.41) is 0. The van der Waals surface area contributed by atoms with E-state index in [1.807, 2.05) is 6.07 Å². The smallest absolute Gasteiger partial charge is 0.184 e. The zero-order valence-corrected chi connectivity index (χ0v) is 23.9. The number of ether oxygens (including phenoxy) is 3. The van der Waals surface area contributed by atoms with E-state index in [2.05, 4.69) is 54.8 Å². The minimum absolute atomic E-state index is 0.821. The van der Waals surface area contributed by atoms with E-state index in [0.717, 1.165) is 49.6 Å². The molecule has 1 aliphatic rings. The molecule has 0 saturated heterocycles. The van der Waals surface area contributed by atoms with Gasteiger partial charge in [-0.3, -0.25) is 0 Å². The molecular formula is C33H48NO3+. The van der Waals surface area contributed by atoms with Gasteiger partial charge in [-0.2, -0.15) is 0 Å². The Morgan fingerprint density at radius 1 is 0.865 bits per heavy atom. The molecule has 0 amide bonds. The molecule has 4 heteroatoms. The van der Waals surface area contributed by atoms with Crippen LogP contribution in [0.4, 0.5) is 0 Å². The fraction of sp³-hybridized carbons (Fsp3) is 0.545. The fourth-order valence-electron chi connectivity index (χ4n) is 5.38. The highest BCUT2D eigenvalue weighted by Crippen LogP contribution is 2.39. The van der Waals surface area contributed by atoms with Crippen LogP contribution in [0.25, 0.3) is 6.08 Å². The molecule has 0 atom stereocenters. The lowest BCUT2D eigenvalue weighted by Crippen LogP contribution is -2.30. The van der Waals surface area contributed by atoms with Crippen LogP contribution in [0.1, 0.15) is 100 Å². The van der Waals surface area contributed by atoms with Gasteiger partial charge in [0.2, 0.25) is 0 Å². The number of nitrogens with zero attached hydrogens (tertiary/aromatic N) is 1. The van der Waals surface area contributed by atoms with E-state index in [1.54, 1.807) is 21.3 Å². The Kier molecular flexibility index (Phi) is 12.1. The maximum atomic E-state index is 5.91. The molecular weight excluding hydrogens is 458 g/mol. The quantitative estimate of drug-likeness (QED) is 0.170. The number of rotatable bonds is 16. The van der Waals surface area contributed by atoms with Crippen LogP contribution in [-0.4, -0.2) is 38.2 Å². The average molecular weight is 507 g/mol. The van der Waals surface area contributed by atoms with Gasteiger partial charge in [0, 0.05) is 29.5 Å². The lowest BCUT2D eigenvalue weighted by atomic mass is 9.88. The Bertz CT molecular complexity index is 1050. The molecule has 4 nitrogen and oxygen atoms in total. The van der Waals surface area contributed by atoms with Crippen molar-refractivity contribution in [2.24, 2.45) is 0 Å². The lowest BCUT2D eigenvalue weighted by Gasteiger charge is -2.24. The average Bonchev–Trinajstić information content (AvgIpc) is 2.93. The molecule has 0 unspecified atom stereocenters. The Labute approximate surface area is 225 Å². The largest absolute Gasteiger partial charge is 0.497 e. The number of benzene rings is 2. The summed E-state index contributed by atoms with van der Waals surface area (Å²) in [6.07, 6.45) is 17.9.